The fourth-order valence-electron chi connectivity index (χ4n) is 3.70. The number of aliphatic hydroxyl groups excluding tert-OH is 1. The van der Waals surface area contributed by atoms with E-state index >= 15 is 0 Å². The third-order valence-electron chi connectivity index (χ3n) is 5.36. The number of hydrogen-bond acceptors (Lipinski definition) is 7. The number of benzene rings is 2. The summed E-state index contributed by atoms with van der Waals surface area (Å²) >= 11 is 0. The third kappa shape index (κ3) is 4.12. The maximum atomic E-state index is 12.7. The van der Waals surface area contributed by atoms with Gasteiger partial charge in [0.2, 0.25) is 0 Å². The molecule has 1 aromatic heterocycles. The van der Waals surface area contributed by atoms with Gasteiger partial charge in [-0.3, -0.25) is 0 Å². The molecule has 1 aliphatic heterocycles. The third-order valence-corrected chi connectivity index (χ3v) is 7.15. The summed E-state index contributed by atoms with van der Waals surface area (Å²) in [7, 11) is -3.33. The van der Waals surface area contributed by atoms with E-state index in [0.717, 1.165) is 27.7 Å². The number of aliphatic hydroxyl groups is 1. The Labute approximate surface area is 176 Å². The molecule has 2 heterocycles. The summed E-state index contributed by atoms with van der Waals surface area (Å²) in [6.07, 6.45) is 0. The molecular weight excluding hydrogens is 400 g/mol. The Kier molecular flexibility index (Phi) is 5.64. The molecule has 2 aromatic carbocycles. The molecule has 0 bridgehead atoms. The Hall–Kier alpha value is -2.68. The van der Waals surface area contributed by atoms with E-state index in [1.807, 2.05) is 42.2 Å². The van der Waals surface area contributed by atoms with Crippen LogP contribution in [0.25, 0.3) is 10.9 Å². The first-order valence-electron chi connectivity index (χ1n) is 9.95. The topological polar surface area (TPSA) is 109 Å². The minimum atomic E-state index is -3.33. The van der Waals surface area contributed by atoms with Gasteiger partial charge in [-0.2, -0.15) is 0 Å². The monoisotopic (exact) mass is 426 g/mol. The first kappa shape index (κ1) is 20.6. The molecule has 1 aliphatic rings. The van der Waals surface area contributed by atoms with Crippen LogP contribution in [0.4, 0.5) is 11.5 Å². The fraction of sp³-hybridized carbons (Fsp3) is 0.318. The normalized spacial score (nSPS) is 16.7. The van der Waals surface area contributed by atoms with Gasteiger partial charge in [0.25, 0.3) is 0 Å². The number of sulfone groups is 1. The minimum Gasteiger partial charge on any atom is -0.395 e. The highest BCUT2D eigenvalue weighted by molar-refractivity contribution is 7.91. The second-order valence-electron chi connectivity index (χ2n) is 7.72. The molecule has 0 saturated heterocycles. The lowest BCUT2D eigenvalue weighted by molar-refractivity contribution is 0.270. The molecule has 4 N–H and O–H groups in total. The molecule has 0 fully saturated rings. The van der Waals surface area contributed by atoms with Crippen LogP contribution in [0, 0.1) is 6.92 Å². The number of aryl methyl sites for hydroxylation is 1. The number of rotatable bonds is 5. The van der Waals surface area contributed by atoms with Crippen LogP contribution in [-0.2, 0) is 16.4 Å². The average molecular weight is 427 g/mol. The lowest BCUT2D eigenvalue weighted by atomic mass is 10.1. The average Bonchev–Trinajstić information content (AvgIpc) is 2.88. The van der Waals surface area contributed by atoms with Gasteiger partial charge in [0, 0.05) is 42.8 Å². The minimum absolute atomic E-state index is 0.0375. The number of nitrogens with one attached hydrogen (secondary N) is 1. The standard InChI is InChI=1S/C22H26N4O3S/c1-15-6-7-19-18(10-15)20(24-12-17(23)14-27)11-22(25-19)26-8-9-30(28,29)21-5-3-2-4-16(21)13-26/h2-7,10-11,17,27H,8-9,12-14,23H2,1H3,(H,24,25)/t17-/m1/s1. The van der Waals surface area contributed by atoms with Gasteiger partial charge in [-0.15, -0.1) is 0 Å². The van der Waals surface area contributed by atoms with Gasteiger partial charge in [-0.1, -0.05) is 29.8 Å². The van der Waals surface area contributed by atoms with Crippen molar-refractivity contribution in [2.24, 2.45) is 5.73 Å². The van der Waals surface area contributed by atoms with Gasteiger partial charge in [0.1, 0.15) is 5.82 Å². The fourth-order valence-corrected chi connectivity index (χ4v) is 5.20. The molecule has 0 radical (unpaired) electrons. The number of anilines is 2. The van der Waals surface area contributed by atoms with Crippen LogP contribution in [-0.4, -0.2) is 50.0 Å². The van der Waals surface area contributed by atoms with Gasteiger partial charge in [0.05, 0.1) is 22.8 Å². The lowest BCUT2D eigenvalue weighted by Crippen LogP contribution is -2.32. The van der Waals surface area contributed by atoms with Gasteiger partial charge >= 0.3 is 0 Å². The van der Waals surface area contributed by atoms with Crippen molar-refractivity contribution < 1.29 is 13.5 Å². The quantitative estimate of drug-likeness (QED) is 0.573. The van der Waals surface area contributed by atoms with Crippen LogP contribution >= 0.6 is 0 Å². The van der Waals surface area contributed by atoms with E-state index in [2.05, 4.69) is 11.4 Å². The van der Waals surface area contributed by atoms with Gasteiger partial charge in [-0.05, 0) is 30.7 Å². The van der Waals surface area contributed by atoms with Crippen molar-refractivity contribution in [3.63, 3.8) is 0 Å². The van der Waals surface area contributed by atoms with E-state index < -0.39 is 9.84 Å². The van der Waals surface area contributed by atoms with Gasteiger partial charge in [0.15, 0.2) is 9.84 Å². The summed E-state index contributed by atoms with van der Waals surface area (Å²) in [6, 6.07) is 14.7. The van der Waals surface area contributed by atoms with Crippen molar-refractivity contribution in [2.45, 2.75) is 24.4 Å². The van der Waals surface area contributed by atoms with E-state index in [9.17, 15) is 13.5 Å². The summed E-state index contributed by atoms with van der Waals surface area (Å²) in [5.74, 6) is 0.744. The predicted octanol–water partition coefficient (Wildman–Crippen LogP) is 2.07. The molecule has 158 valence electrons. The van der Waals surface area contributed by atoms with E-state index in [1.54, 1.807) is 12.1 Å². The van der Waals surface area contributed by atoms with E-state index in [4.69, 9.17) is 10.7 Å². The zero-order chi connectivity index (χ0) is 21.3. The van der Waals surface area contributed by atoms with E-state index in [0.29, 0.717) is 30.3 Å². The second-order valence-corrected chi connectivity index (χ2v) is 9.80. The highest BCUT2D eigenvalue weighted by Crippen LogP contribution is 2.31. The van der Waals surface area contributed by atoms with Gasteiger partial charge in [-0.25, -0.2) is 13.4 Å². The van der Waals surface area contributed by atoms with Crippen molar-refractivity contribution in [1.82, 2.24) is 4.98 Å². The molecule has 3 aromatic rings. The van der Waals surface area contributed by atoms with Crippen molar-refractivity contribution in [3.8, 4) is 0 Å². The first-order valence-corrected chi connectivity index (χ1v) is 11.6. The maximum absolute atomic E-state index is 12.7. The Bertz CT molecular complexity index is 1180. The van der Waals surface area contributed by atoms with E-state index in [-0.39, 0.29) is 18.4 Å². The molecule has 30 heavy (non-hydrogen) atoms. The highest BCUT2D eigenvalue weighted by atomic mass is 32.2. The molecule has 0 saturated carbocycles. The van der Waals surface area contributed by atoms with Crippen LogP contribution in [0.2, 0.25) is 0 Å². The van der Waals surface area contributed by atoms with Crippen molar-refractivity contribution in [2.75, 3.05) is 35.7 Å². The van der Waals surface area contributed by atoms with Crippen LogP contribution in [0.5, 0.6) is 0 Å². The molecule has 0 aliphatic carbocycles. The van der Waals surface area contributed by atoms with E-state index in [1.165, 1.54) is 0 Å². The SMILES string of the molecule is Cc1ccc2nc(N3CCS(=O)(=O)c4ccccc4C3)cc(NC[C@@H](N)CO)c2c1. The maximum Gasteiger partial charge on any atom is 0.180 e. The molecule has 8 heteroatoms. The van der Waals surface area contributed by atoms with Crippen LogP contribution in [0.3, 0.4) is 0 Å². The summed E-state index contributed by atoms with van der Waals surface area (Å²) in [6.45, 7) is 3.16. The van der Waals surface area contributed by atoms with Gasteiger partial charge < -0.3 is 21.1 Å². The molecule has 0 spiro atoms. The first-order chi connectivity index (χ1) is 14.4. The van der Waals surface area contributed by atoms with Crippen molar-refractivity contribution >= 4 is 32.2 Å². The van der Waals surface area contributed by atoms with Crippen LogP contribution in [0.15, 0.2) is 53.4 Å². The second kappa shape index (κ2) is 8.22. The summed E-state index contributed by atoms with van der Waals surface area (Å²) in [5, 5.41) is 13.6. The molecule has 7 nitrogen and oxygen atoms in total. The summed E-state index contributed by atoms with van der Waals surface area (Å²) in [4.78, 5) is 7.22. The Morgan fingerprint density at radius 1 is 1.23 bits per heavy atom. The van der Waals surface area contributed by atoms with Crippen molar-refractivity contribution in [1.29, 1.82) is 0 Å². The summed E-state index contributed by atoms with van der Waals surface area (Å²) < 4.78 is 25.4. The Balaban J connectivity index is 1.76. The van der Waals surface area contributed by atoms with Crippen molar-refractivity contribution in [3.05, 3.63) is 59.7 Å². The zero-order valence-electron chi connectivity index (χ0n) is 16.9. The predicted molar refractivity (Wildman–Crippen MR) is 120 cm³/mol. The number of aromatic nitrogens is 1. The number of nitrogens with zero attached hydrogens (tertiary/aromatic N) is 2. The molecule has 1 atom stereocenters. The Morgan fingerprint density at radius 2 is 2.03 bits per heavy atom. The summed E-state index contributed by atoms with van der Waals surface area (Å²) in [5.41, 5.74) is 9.44. The van der Waals surface area contributed by atoms with Crippen LogP contribution in [0.1, 0.15) is 11.1 Å². The number of nitrogens with two attached hydrogens (primary N) is 1. The Morgan fingerprint density at radius 3 is 2.83 bits per heavy atom. The molecule has 0 unspecified atom stereocenters. The lowest BCUT2D eigenvalue weighted by Gasteiger charge is -2.23. The number of fused-ring (bicyclic) bond motifs is 2. The zero-order valence-corrected chi connectivity index (χ0v) is 17.7. The molecular formula is C22H26N4O3S. The molecule has 0 amide bonds. The number of pyridine rings is 1. The smallest absolute Gasteiger partial charge is 0.180 e. The number of hydrogen-bond donors (Lipinski definition) is 3. The largest absolute Gasteiger partial charge is 0.395 e. The highest BCUT2D eigenvalue weighted by Gasteiger charge is 2.26. The van der Waals surface area contributed by atoms with Crippen LogP contribution < -0.4 is 16.0 Å². The molecule has 4 rings (SSSR count).